The van der Waals surface area contributed by atoms with Gasteiger partial charge in [-0.05, 0) is 38.0 Å². The molecule has 13 heavy (non-hydrogen) atoms. The largest absolute Gasteiger partial charge is 0.489 e. The van der Waals surface area contributed by atoms with Gasteiger partial charge in [0, 0.05) is 0 Å². The minimum absolute atomic E-state index is 0.411. The summed E-state index contributed by atoms with van der Waals surface area (Å²) < 4.78 is 5.63. The highest BCUT2D eigenvalue weighted by Gasteiger charge is 2.16. The van der Waals surface area contributed by atoms with E-state index in [1.807, 2.05) is 0 Å². The zero-order chi connectivity index (χ0) is 9.42. The monoisotopic (exact) mass is 177 g/mol. The number of benzene rings is 1. The van der Waals surface area contributed by atoms with Crippen molar-refractivity contribution in [3.8, 4) is 5.75 Å². The van der Waals surface area contributed by atoms with Crippen LogP contribution < -0.4 is 10.1 Å². The van der Waals surface area contributed by atoms with Gasteiger partial charge in [0.15, 0.2) is 0 Å². The van der Waals surface area contributed by atoms with Gasteiger partial charge in [-0.2, -0.15) is 0 Å². The van der Waals surface area contributed by atoms with Gasteiger partial charge in [-0.15, -0.1) is 0 Å². The van der Waals surface area contributed by atoms with E-state index in [1.165, 1.54) is 11.1 Å². The van der Waals surface area contributed by atoms with Crippen LogP contribution in [-0.2, 0) is 0 Å². The molecule has 0 fully saturated rings. The van der Waals surface area contributed by atoms with Crippen molar-refractivity contribution in [2.75, 3.05) is 11.9 Å². The van der Waals surface area contributed by atoms with Gasteiger partial charge < -0.3 is 10.1 Å². The Morgan fingerprint density at radius 3 is 2.92 bits per heavy atom. The summed E-state index contributed by atoms with van der Waals surface area (Å²) in [7, 11) is 0. The predicted molar refractivity (Wildman–Crippen MR) is 54.5 cm³/mol. The molecule has 1 atom stereocenters. The first-order valence-corrected chi connectivity index (χ1v) is 4.67. The highest BCUT2D eigenvalue weighted by atomic mass is 16.5. The summed E-state index contributed by atoms with van der Waals surface area (Å²) in [5.41, 5.74) is 3.68. The van der Waals surface area contributed by atoms with Crippen molar-refractivity contribution in [1.29, 1.82) is 0 Å². The smallest absolute Gasteiger partial charge is 0.143 e. The summed E-state index contributed by atoms with van der Waals surface area (Å²) in [6, 6.07) is 4.67. The lowest BCUT2D eigenvalue weighted by Crippen LogP contribution is -2.28. The fourth-order valence-corrected chi connectivity index (χ4v) is 1.73. The molecule has 0 aliphatic carbocycles. The second-order valence-electron chi connectivity index (χ2n) is 3.81. The molecule has 0 aromatic heterocycles. The molecule has 0 saturated carbocycles. The molecule has 0 amide bonds. The summed E-state index contributed by atoms with van der Waals surface area (Å²) in [6.45, 7) is 7.09. The summed E-state index contributed by atoms with van der Waals surface area (Å²) in [4.78, 5) is 0. The van der Waals surface area contributed by atoms with Crippen molar-refractivity contribution in [3.63, 3.8) is 0 Å². The van der Waals surface area contributed by atoms with Crippen molar-refractivity contribution in [2.45, 2.75) is 26.8 Å². The minimum Gasteiger partial charge on any atom is -0.489 e. The van der Waals surface area contributed by atoms with Crippen LogP contribution in [0.25, 0.3) is 0 Å². The van der Waals surface area contributed by atoms with Crippen LogP contribution in [0.2, 0.25) is 0 Å². The quantitative estimate of drug-likeness (QED) is 0.657. The summed E-state index contributed by atoms with van der Waals surface area (Å²) >= 11 is 0. The average Bonchev–Trinajstić information content (AvgIpc) is 2.06. The van der Waals surface area contributed by atoms with E-state index in [4.69, 9.17) is 4.74 Å². The molecule has 1 N–H and O–H groups in total. The first-order chi connectivity index (χ1) is 6.16. The minimum atomic E-state index is 0.411. The van der Waals surface area contributed by atoms with E-state index in [2.05, 4.69) is 38.2 Å². The van der Waals surface area contributed by atoms with E-state index in [0.29, 0.717) is 6.04 Å². The first kappa shape index (κ1) is 8.42. The lowest BCUT2D eigenvalue weighted by Gasteiger charge is -2.26. The fourth-order valence-electron chi connectivity index (χ4n) is 1.73. The van der Waals surface area contributed by atoms with Crippen molar-refractivity contribution in [2.24, 2.45) is 0 Å². The molecule has 0 radical (unpaired) electrons. The first-order valence-electron chi connectivity index (χ1n) is 4.67. The van der Waals surface area contributed by atoms with Crippen molar-refractivity contribution in [3.05, 3.63) is 23.3 Å². The number of ether oxygens (including phenoxy) is 1. The maximum absolute atomic E-state index is 5.63. The number of hydrogen-bond donors (Lipinski definition) is 1. The van der Waals surface area contributed by atoms with Crippen molar-refractivity contribution >= 4 is 5.69 Å². The molecule has 70 valence electrons. The van der Waals surface area contributed by atoms with Crippen LogP contribution in [0.5, 0.6) is 5.75 Å². The Labute approximate surface area is 78.9 Å². The third-order valence-corrected chi connectivity index (χ3v) is 2.32. The van der Waals surface area contributed by atoms with Crippen LogP contribution in [0.1, 0.15) is 18.1 Å². The molecule has 1 aliphatic rings. The molecule has 1 aliphatic heterocycles. The third-order valence-electron chi connectivity index (χ3n) is 2.32. The highest BCUT2D eigenvalue weighted by Crippen LogP contribution is 2.33. The molecule has 0 saturated heterocycles. The standard InChI is InChI=1S/C11H15NO/c1-7-4-8(2)11-10(5-7)13-6-9(3)12-11/h4-5,9,12H,6H2,1-3H3. The molecule has 1 aromatic carbocycles. The Balaban J connectivity index is 2.47. The fraction of sp³-hybridized carbons (Fsp3) is 0.455. The molecular weight excluding hydrogens is 162 g/mol. The highest BCUT2D eigenvalue weighted by molar-refractivity contribution is 5.64. The number of rotatable bonds is 0. The molecule has 0 spiro atoms. The van der Waals surface area contributed by atoms with Crippen LogP contribution in [0, 0.1) is 13.8 Å². The van der Waals surface area contributed by atoms with Gasteiger partial charge in [0.05, 0.1) is 11.7 Å². The van der Waals surface area contributed by atoms with Gasteiger partial charge >= 0.3 is 0 Å². The number of hydrogen-bond acceptors (Lipinski definition) is 2. The molecule has 2 rings (SSSR count). The molecule has 1 unspecified atom stereocenters. The Hall–Kier alpha value is -1.18. The third kappa shape index (κ3) is 1.48. The topological polar surface area (TPSA) is 21.3 Å². The lowest BCUT2D eigenvalue weighted by molar-refractivity contribution is 0.291. The van der Waals surface area contributed by atoms with Crippen LogP contribution in [0.15, 0.2) is 12.1 Å². The van der Waals surface area contributed by atoms with E-state index in [0.717, 1.165) is 18.0 Å². The van der Waals surface area contributed by atoms with E-state index in [-0.39, 0.29) is 0 Å². The van der Waals surface area contributed by atoms with Crippen LogP contribution >= 0.6 is 0 Å². The second-order valence-corrected chi connectivity index (χ2v) is 3.81. The number of aryl methyl sites for hydroxylation is 2. The summed E-state index contributed by atoms with van der Waals surface area (Å²) in [5.74, 6) is 0.996. The van der Waals surface area contributed by atoms with Crippen LogP contribution in [-0.4, -0.2) is 12.6 Å². The number of fused-ring (bicyclic) bond motifs is 1. The van der Waals surface area contributed by atoms with E-state index in [1.54, 1.807) is 0 Å². The van der Waals surface area contributed by atoms with Gasteiger partial charge in [0.1, 0.15) is 12.4 Å². The molecule has 2 nitrogen and oxygen atoms in total. The Morgan fingerprint density at radius 2 is 2.15 bits per heavy atom. The molecule has 1 aromatic rings. The zero-order valence-electron chi connectivity index (χ0n) is 8.35. The normalized spacial score (nSPS) is 20.1. The number of anilines is 1. The van der Waals surface area contributed by atoms with Crippen LogP contribution in [0.3, 0.4) is 0 Å². The zero-order valence-corrected chi connectivity index (χ0v) is 8.35. The molecule has 2 heteroatoms. The maximum Gasteiger partial charge on any atom is 0.143 e. The maximum atomic E-state index is 5.63. The van der Waals surface area contributed by atoms with Gasteiger partial charge in [-0.3, -0.25) is 0 Å². The summed E-state index contributed by atoms with van der Waals surface area (Å²) in [6.07, 6.45) is 0. The SMILES string of the molecule is Cc1cc(C)c2c(c1)OCC(C)N2. The van der Waals surface area contributed by atoms with Gasteiger partial charge in [-0.25, -0.2) is 0 Å². The average molecular weight is 177 g/mol. The lowest BCUT2D eigenvalue weighted by atomic mass is 10.1. The Morgan fingerprint density at radius 1 is 1.38 bits per heavy atom. The Bertz CT molecular complexity index is 333. The molecular formula is C11H15NO. The van der Waals surface area contributed by atoms with Gasteiger partial charge in [0.2, 0.25) is 0 Å². The van der Waals surface area contributed by atoms with Gasteiger partial charge in [-0.1, -0.05) is 6.07 Å². The van der Waals surface area contributed by atoms with E-state index < -0.39 is 0 Å². The van der Waals surface area contributed by atoms with Gasteiger partial charge in [0.25, 0.3) is 0 Å². The molecule has 0 bridgehead atoms. The van der Waals surface area contributed by atoms with Crippen molar-refractivity contribution in [1.82, 2.24) is 0 Å². The van der Waals surface area contributed by atoms with E-state index in [9.17, 15) is 0 Å². The van der Waals surface area contributed by atoms with Crippen LogP contribution in [0.4, 0.5) is 5.69 Å². The van der Waals surface area contributed by atoms with E-state index >= 15 is 0 Å². The number of nitrogens with one attached hydrogen (secondary N) is 1. The van der Waals surface area contributed by atoms with Crippen molar-refractivity contribution < 1.29 is 4.74 Å². The predicted octanol–water partition coefficient (Wildman–Crippen LogP) is 2.50. The second kappa shape index (κ2) is 2.95. The molecule has 1 heterocycles. The Kier molecular flexibility index (Phi) is 1.91. The summed E-state index contributed by atoms with van der Waals surface area (Å²) in [5, 5.41) is 3.43.